The minimum absolute atomic E-state index is 0.126. The van der Waals surface area contributed by atoms with E-state index in [-0.39, 0.29) is 25.3 Å². The summed E-state index contributed by atoms with van der Waals surface area (Å²) in [6, 6.07) is -0.636. The van der Waals surface area contributed by atoms with Crippen LogP contribution in [0, 0.1) is 5.92 Å². The number of hydrogen-bond acceptors (Lipinski definition) is 3. The zero-order valence-corrected chi connectivity index (χ0v) is 10.2. The summed E-state index contributed by atoms with van der Waals surface area (Å²) in [6.07, 6.45) is 1.71. The van der Waals surface area contributed by atoms with Crippen molar-refractivity contribution in [1.29, 1.82) is 0 Å². The van der Waals surface area contributed by atoms with Crippen LogP contribution in [0.1, 0.15) is 26.7 Å². The summed E-state index contributed by atoms with van der Waals surface area (Å²) in [6.45, 7) is 4.40. The van der Waals surface area contributed by atoms with E-state index in [0.29, 0.717) is 0 Å². The monoisotopic (exact) mass is 244 g/mol. The second-order valence-corrected chi connectivity index (χ2v) is 4.22. The standard InChI is InChI=1S/C11H20N2O4/c1-3-7(4-2)12-11(16)13-9-6-17-5-8(9)10(14)15/h7-9H,3-6H2,1-2H3,(H,14,15)(H2,12,13,16). The molecule has 0 aliphatic carbocycles. The Balaban J connectivity index is 2.42. The van der Waals surface area contributed by atoms with Crippen LogP contribution in [0.25, 0.3) is 0 Å². The number of carboxylic acid groups (broad SMARTS) is 1. The first-order chi connectivity index (χ1) is 8.08. The van der Waals surface area contributed by atoms with E-state index in [9.17, 15) is 9.59 Å². The number of hydrogen-bond donors (Lipinski definition) is 3. The van der Waals surface area contributed by atoms with Gasteiger partial charge in [-0.25, -0.2) is 4.79 Å². The van der Waals surface area contributed by atoms with Crippen molar-refractivity contribution in [1.82, 2.24) is 10.6 Å². The molecular formula is C11H20N2O4. The van der Waals surface area contributed by atoms with E-state index in [0.717, 1.165) is 12.8 Å². The van der Waals surface area contributed by atoms with Gasteiger partial charge in [-0.15, -0.1) is 0 Å². The fourth-order valence-electron chi connectivity index (χ4n) is 1.83. The van der Waals surface area contributed by atoms with Gasteiger partial charge in [-0.05, 0) is 12.8 Å². The maximum atomic E-state index is 11.6. The number of nitrogens with one attached hydrogen (secondary N) is 2. The van der Waals surface area contributed by atoms with Gasteiger partial charge in [0.25, 0.3) is 0 Å². The second kappa shape index (κ2) is 6.44. The molecule has 98 valence electrons. The molecule has 6 heteroatoms. The summed E-state index contributed by atoms with van der Waals surface area (Å²) in [5.74, 6) is -1.59. The van der Waals surface area contributed by atoms with Crippen molar-refractivity contribution >= 4 is 12.0 Å². The highest BCUT2D eigenvalue weighted by Gasteiger charge is 2.35. The third kappa shape index (κ3) is 3.89. The van der Waals surface area contributed by atoms with E-state index in [1.54, 1.807) is 0 Å². The van der Waals surface area contributed by atoms with Gasteiger partial charge in [0, 0.05) is 6.04 Å². The molecular weight excluding hydrogens is 224 g/mol. The fraction of sp³-hybridized carbons (Fsp3) is 0.818. The normalized spacial score (nSPS) is 23.7. The third-order valence-corrected chi connectivity index (χ3v) is 3.04. The maximum Gasteiger partial charge on any atom is 0.315 e. The topological polar surface area (TPSA) is 87.7 Å². The Labute approximate surface area is 101 Å². The van der Waals surface area contributed by atoms with Crippen LogP contribution in [-0.2, 0) is 9.53 Å². The van der Waals surface area contributed by atoms with Crippen molar-refractivity contribution in [3.63, 3.8) is 0 Å². The van der Waals surface area contributed by atoms with Crippen LogP contribution in [0.2, 0.25) is 0 Å². The van der Waals surface area contributed by atoms with Crippen LogP contribution in [-0.4, -0.2) is 42.4 Å². The van der Waals surface area contributed by atoms with E-state index in [1.807, 2.05) is 13.8 Å². The molecule has 1 rings (SSSR count). The fourth-order valence-corrected chi connectivity index (χ4v) is 1.83. The molecule has 0 aromatic rings. The van der Waals surface area contributed by atoms with Gasteiger partial charge in [0.15, 0.2) is 0 Å². The number of aliphatic carboxylic acids is 1. The van der Waals surface area contributed by atoms with Gasteiger partial charge in [-0.3, -0.25) is 4.79 Å². The van der Waals surface area contributed by atoms with Gasteiger partial charge >= 0.3 is 12.0 Å². The molecule has 0 aromatic heterocycles. The largest absolute Gasteiger partial charge is 0.481 e. The van der Waals surface area contributed by atoms with Crippen LogP contribution in [0.15, 0.2) is 0 Å². The zero-order valence-electron chi connectivity index (χ0n) is 10.2. The zero-order chi connectivity index (χ0) is 12.8. The smallest absolute Gasteiger partial charge is 0.315 e. The molecule has 1 saturated heterocycles. The highest BCUT2D eigenvalue weighted by atomic mass is 16.5. The molecule has 6 nitrogen and oxygen atoms in total. The van der Waals surface area contributed by atoms with Crippen molar-refractivity contribution < 1.29 is 19.4 Å². The van der Waals surface area contributed by atoms with E-state index in [4.69, 9.17) is 9.84 Å². The molecule has 0 saturated carbocycles. The average Bonchev–Trinajstić information content (AvgIpc) is 2.74. The van der Waals surface area contributed by atoms with E-state index < -0.39 is 17.9 Å². The average molecular weight is 244 g/mol. The summed E-state index contributed by atoms with van der Waals surface area (Å²) in [5, 5.41) is 14.4. The number of carbonyl (C=O) groups excluding carboxylic acids is 1. The van der Waals surface area contributed by atoms with Crippen molar-refractivity contribution in [2.75, 3.05) is 13.2 Å². The SMILES string of the molecule is CCC(CC)NC(=O)NC1COCC1C(=O)O. The quantitative estimate of drug-likeness (QED) is 0.660. The van der Waals surface area contributed by atoms with Crippen LogP contribution in [0.3, 0.4) is 0 Å². The number of rotatable bonds is 5. The van der Waals surface area contributed by atoms with E-state index >= 15 is 0 Å². The predicted molar refractivity (Wildman–Crippen MR) is 61.8 cm³/mol. The molecule has 2 unspecified atom stereocenters. The predicted octanol–water partition coefficient (Wildman–Crippen LogP) is 0.574. The molecule has 1 heterocycles. The van der Waals surface area contributed by atoms with Crippen LogP contribution in [0.4, 0.5) is 4.79 Å². The highest BCUT2D eigenvalue weighted by molar-refractivity contribution is 5.77. The first-order valence-electron chi connectivity index (χ1n) is 5.96. The van der Waals surface area contributed by atoms with Gasteiger partial charge in [-0.1, -0.05) is 13.8 Å². The molecule has 1 aliphatic heterocycles. The molecule has 1 fully saturated rings. The van der Waals surface area contributed by atoms with Crippen molar-refractivity contribution in [2.24, 2.45) is 5.92 Å². The Morgan fingerprint density at radius 2 is 2.00 bits per heavy atom. The molecule has 3 N–H and O–H groups in total. The summed E-state index contributed by atoms with van der Waals surface area (Å²) in [5.41, 5.74) is 0. The van der Waals surface area contributed by atoms with Crippen molar-refractivity contribution in [3.8, 4) is 0 Å². The molecule has 0 radical (unpaired) electrons. The van der Waals surface area contributed by atoms with Gasteiger partial charge in [0.1, 0.15) is 5.92 Å². The molecule has 2 amide bonds. The Hall–Kier alpha value is -1.30. The van der Waals surface area contributed by atoms with Gasteiger partial charge in [-0.2, -0.15) is 0 Å². The number of urea groups is 1. The number of amides is 2. The lowest BCUT2D eigenvalue weighted by atomic mass is 10.0. The van der Waals surface area contributed by atoms with Crippen molar-refractivity contribution in [2.45, 2.75) is 38.8 Å². The Morgan fingerprint density at radius 3 is 2.53 bits per heavy atom. The Bertz CT molecular complexity index is 279. The van der Waals surface area contributed by atoms with Crippen molar-refractivity contribution in [3.05, 3.63) is 0 Å². The number of ether oxygens (including phenoxy) is 1. The Kier molecular flexibility index (Phi) is 5.21. The number of carbonyl (C=O) groups is 2. The maximum absolute atomic E-state index is 11.6. The lowest BCUT2D eigenvalue weighted by Gasteiger charge is -2.19. The molecule has 0 bridgehead atoms. The van der Waals surface area contributed by atoms with Crippen LogP contribution < -0.4 is 10.6 Å². The van der Waals surface area contributed by atoms with Gasteiger partial charge in [0.05, 0.1) is 19.3 Å². The van der Waals surface area contributed by atoms with Gasteiger partial charge < -0.3 is 20.5 Å². The molecule has 0 spiro atoms. The minimum atomic E-state index is -0.935. The molecule has 2 atom stereocenters. The van der Waals surface area contributed by atoms with Gasteiger partial charge in [0.2, 0.25) is 0 Å². The van der Waals surface area contributed by atoms with E-state index in [2.05, 4.69) is 10.6 Å². The molecule has 1 aliphatic rings. The second-order valence-electron chi connectivity index (χ2n) is 4.22. The first kappa shape index (κ1) is 13.8. The molecule has 17 heavy (non-hydrogen) atoms. The lowest BCUT2D eigenvalue weighted by Crippen LogP contribution is -2.49. The Morgan fingerprint density at radius 1 is 1.35 bits per heavy atom. The minimum Gasteiger partial charge on any atom is -0.481 e. The highest BCUT2D eigenvalue weighted by Crippen LogP contribution is 2.13. The summed E-state index contributed by atoms with van der Waals surface area (Å²) < 4.78 is 5.07. The van der Waals surface area contributed by atoms with Crippen LogP contribution >= 0.6 is 0 Å². The lowest BCUT2D eigenvalue weighted by molar-refractivity contribution is -0.142. The van der Waals surface area contributed by atoms with Crippen LogP contribution in [0.5, 0.6) is 0 Å². The van der Waals surface area contributed by atoms with E-state index in [1.165, 1.54) is 0 Å². The third-order valence-electron chi connectivity index (χ3n) is 3.04. The first-order valence-corrected chi connectivity index (χ1v) is 5.96. The summed E-state index contributed by atoms with van der Waals surface area (Å²) in [7, 11) is 0. The molecule has 0 aromatic carbocycles. The number of carboxylic acids is 1. The summed E-state index contributed by atoms with van der Waals surface area (Å²) in [4.78, 5) is 22.5. The summed E-state index contributed by atoms with van der Waals surface area (Å²) >= 11 is 0.